The molecule has 39 heavy (non-hydrogen) atoms. The van der Waals surface area contributed by atoms with Crippen LogP contribution in [0.4, 0.5) is 5.69 Å². The maximum Gasteiger partial charge on any atom is 0.247 e. The summed E-state index contributed by atoms with van der Waals surface area (Å²) in [5.74, 6) is 0.942. The monoisotopic (exact) mass is 524 g/mol. The average Bonchev–Trinajstić information content (AvgIpc) is 2.99. The van der Waals surface area contributed by atoms with Gasteiger partial charge in [0.25, 0.3) is 0 Å². The van der Waals surface area contributed by atoms with E-state index in [9.17, 15) is 4.79 Å². The molecular formula is C31H32N4O4. The summed E-state index contributed by atoms with van der Waals surface area (Å²) in [5.41, 5.74) is 9.68. The molecule has 0 saturated heterocycles. The van der Waals surface area contributed by atoms with Gasteiger partial charge >= 0.3 is 0 Å². The Morgan fingerprint density at radius 3 is 2.18 bits per heavy atom. The molecule has 0 aromatic heterocycles. The Kier molecular flexibility index (Phi) is 9.39. The number of rotatable bonds is 12. The third-order valence-electron chi connectivity index (χ3n) is 6.01. The molecule has 0 aliphatic rings. The lowest BCUT2D eigenvalue weighted by Gasteiger charge is -2.22. The minimum Gasteiger partial charge on any atom is -0.490 e. The highest BCUT2D eigenvalue weighted by molar-refractivity contribution is 5.97. The molecule has 1 atom stereocenters. The standard InChI is InChI=1S/C31H32N4O4/c1-2-38-28-19-25(15-18-27(28)39-21-23-11-7-4-8-12-23)29(31(36)33-20-22-9-5-3-6-10-22)34-26-16-13-24(14-17-26)30(32)35-37/h3-19,29,34,37H,2,20-21H2,1H3,(H2,32,35)(H,33,36)/t29-/m1/s1. The Balaban J connectivity index is 1.59. The summed E-state index contributed by atoms with van der Waals surface area (Å²) in [4.78, 5) is 13.5. The molecule has 0 bridgehead atoms. The lowest BCUT2D eigenvalue weighted by atomic mass is 10.0. The zero-order valence-corrected chi connectivity index (χ0v) is 21.7. The van der Waals surface area contributed by atoms with E-state index in [1.54, 1.807) is 24.3 Å². The first-order valence-corrected chi connectivity index (χ1v) is 12.7. The predicted molar refractivity (Wildman–Crippen MR) is 152 cm³/mol. The van der Waals surface area contributed by atoms with Crippen molar-refractivity contribution in [2.24, 2.45) is 10.9 Å². The number of carbonyl (C=O) groups excluding carboxylic acids is 1. The van der Waals surface area contributed by atoms with E-state index in [0.717, 1.165) is 11.1 Å². The molecule has 0 radical (unpaired) electrons. The third-order valence-corrected chi connectivity index (χ3v) is 6.01. The SMILES string of the molecule is CCOc1cc([C@@H](Nc2ccc(C(N)=NO)cc2)C(=O)NCc2ccccc2)ccc1OCc1ccccc1. The van der Waals surface area contributed by atoms with Crippen molar-refractivity contribution in [1.82, 2.24) is 5.32 Å². The van der Waals surface area contributed by atoms with Gasteiger partial charge in [-0.25, -0.2) is 0 Å². The quantitative estimate of drug-likeness (QED) is 0.0873. The fraction of sp³-hybridized carbons (Fsp3) is 0.161. The molecule has 0 aliphatic heterocycles. The summed E-state index contributed by atoms with van der Waals surface area (Å²) in [5, 5.41) is 18.3. The van der Waals surface area contributed by atoms with Crippen molar-refractivity contribution in [1.29, 1.82) is 0 Å². The summed E-state index contributed by atoms with van der Waals surface area (Å²) in [6, 6.07) is 31.3. The molecule has 1 amide bonds. The van der Waals surface area contributed by atoms with Crippen molar-refractivity contribution in [2.45, 2.75) is 26.1 Å². The summed E-state index contributed by atoms with van der Waals surface area (Å²) in [6.45, 7) is 3.13. The van der Waals surface area contributed by atoms with Crippen molar-refractivity contribution in [3.05, 3.63) is 125 Å². The van der Waals surface area contributed by atoms with E-state index in [1.165, 1.54) is 0 Å². The van der Waals surface area contributed by atoms with Crippen LogP contribution in [-0.2, 0) is 17.9 Å². The van der Waals surface area contributed by atoms with Crippen LogP contribution in [0.1, 0.15) is 35.2 Å². The summed E-state index contributed by atoms with van der Waals surface area (Å²) < 4.78 is 11.9. The van der Waals surface area contributed by atoms with Gasteiger partial charge < -0.3 is 31.0 Å². The number of nitrogens with one attached hydrogen (secondary N) is 2. The van der Waals surface area contributed by atoms with Gasteiger partial charge in [0, 0.05) is 17.8 Å². The molecule has 200 valence electrons. The van der Waals surface area contributed by atoms with Crippen LogP contribution in [0.5, 0.6) is 11.5 Å². The number of ether oxygens (including phenoxy) is 2. The molecule has 0 unspecified atom stereocenters. The first-order chi connectivity index (χ1) is 19.1. The van der Waals surface area contributed by atoms with Crippen molar-refractivity contribution in [3.63, 3.8) is 0 Å². The van der Waals surface area contributed by atoms with E-state index in [2.05, 4.69) is 15.8 Å². The van der Waals surface area contributed by atoms with Gasteiger partial charge in [0.2, 0.25) is 5.91 Å². The number of nitrogens with zero attached hydrogens (tertiary/aromatic N) is 1. The Morgan fingerprint density at radius 1 is 0.872 bits per heavy atom. The number of anilines is 1. The van der Waals surface area contributed by atoms with Gasteiger partial charge in [-0.1, -0.05) is 71.9 Å². The molecule has 0 fully saturated rings. The van der Waals surface area contributed by atoms with Crippen LogP contribution in [0, 0.1) is 0 Å². The first-order valence-electron chi connectivity index (χ1n) is 12.7. The van der Waals surface area contributed by atoms with Crippen LogP contribution >= 0.6 is 0 Å². The van der Waals surface area contributed by atoms with Crippen molar-refractivity contribution < 1.29 is 19.5 Å². The third kappa shape index (κ3) is 7.52. The molecule has 4 aromatic carbocycles. The Hall–Kier alpha value is -4.98. The van der Waals surface area contributed by atoms with Gasteiger partial charge in [0.1, 0.15) is 12.6 Å². The molecule has 0 spiro atoms. The maximum absolute atomic E-state index is 13.5. The van der Waals surface area contributed by atoms with E-state index in [0.29, 0.717) is 48.1 Å². The maximum atomic E-state index is 13.5. The summed E-state index contributed by atoms with van der Waals surface area (Å²) >= 11 is 0. The second kappa shape index (κ2) is 13.5. The van der Waals surface area contributed by atoms with E-state index in [-0.39, 0.29) is 11.7 Å². The van der Waals surface area contributed by atoms with Gasteiger partial charge in [-0.3, -0.25) is 4.79 Å². The van der Waals surface area contributed by atoms with Crippen LogP contribution in [0.25, 0.3) is 0 Å². The highest BCUT2D eigenvalue weighted by atomic mass is 16.5. The molecule has 8 heteroatoms. The minimum absolute atomic E-state index is 0.00570. The molecular weight excluding hydrogens is 492 g/mol. The van der Waals surface area contributed by atoms with Crippen molar-refractivity contribution >= 4 is 17.4 Å². The van der Waals surface area contributed by atoms with Crippen molar-refractivity contribution in [2.75, 3.05) is 11.9 Å². The highest BCUT2D eigenvalue weighted by Crippen LogP contribution is 2.33. The average molecular weight is 525 g/mol. The predicted octanol–water partition coefficient (Wildman–Crippen LogP) is 5.23. The van der Waals surface area contributed by atoms with Gasteiger partial charge in [0.15, 0.2) is 17.3 Å². The van der Waals surface area contributed by atoms with Gasteiger partial charge in [-0.05, 0) is 60.0 Å². The Labute approximate surface area is 228 Å². The second-order valence-corrected chi connectivity index (χ2v) is 8.76. The van der Waals surface area contributed by atoms with Crippen molar-refractivity contribution in [3.8, 4) is 11.5 Å². The number of nitrogens with two attached hydrogens (primary N) is 1. The van der Waals surface area contributed by atoms with Gasteiger partial charge in [-0.2, -0.15) is 0 Å². The smallest absolute Gasteiger partial charge is 0.247 e. The topological polar surface area (TPSA) is 118 Å². The van der Waals surface area contributed by atoms with E-state index >= 15 is 0 Å². The van der Waals surface area contributed by atoms with Crippen LogP contribution in [0.15, 0.2) is 108 Å². The highest BCUT2D eigenvalue weighted by Gasteiger charge is 2.22. The summed E-state index contributed by atoms with van der Waals surface area (Å²) in [6.07, 6.45) is 0. The van der Waals surface area contributed by atoms with E-state index in [4.69, 9.17) is 20.4 Å². The zero-order valence-electron chi connectivity index (χ0n) is 21.7. The normalized spacial score (nSPS) is 11.9. The number of hydrogen-bond donors (Lipinski definition) is 4. The Bertz CT molecular complexity index is 1380. The summed E-state index contributed by atoms with van der Waals surface area (Å²) in [7, 11) is 0. The Morgan fingerprint density at radius 2 is 1.54 bits per heavy atom. The largest absolute Gasteiger partial charge is 0.490 e. The van der Waals surface area contributed by atoms with Gasteiger partial charge in [-0.15, -0.1) is 0 Å². The lowest BCUT2D eigenvalue weighted by molar-refractivity contribution is -0.122. The molecule has 0 heterocycles. The fourth-order valence-electron chi connectivity index (χ4n) is 3.98. The molecule has 0 aliphatic carbocycles. The zero-order chi connectivity index (χ0) is 27.5. The molecule has 4 rings (SSSR count). The number of carbonyl (C=O) groups is 1. The van der Waals surface area contributed by atoms with E-state index in [1.807, 2.05) is 85.8 Å². The first kappa shape index (κ1) is 27.1. The minimum atomic E-state index is -0.731. The van der Waals surface area contributed by atoms with Crippen LogP contribution in [0.2, 0.25) is 0 Å². The van der Waals surface area contributed by atoms with E-state index < -0.39 is 6.04 Å². The molecule has 4 aromatic rings. The molecule has 8 nitrogen and oxygen atoms in total. The van der Waals surface area contributed by atoms with Gasteiger partial charge in [0.05, 0.1) is 6.61 Å². The van der Waals surface area contributed by atoms with Crippen LogP contribution in [0.3, 0.4) is 0 Å². The second-order valence-electron chi connectivity index (χ2n) is 8.76. The van der Waals surface area contributed by atoms with Crippen LogP contribution in [-0.4, -0.2) is 23.6 Å². The lowest BCUT2D eigenvalue weighted by Crippen LogP contribution is -2.33. The van der Waals surface area contributed by atoms with Crippen LogP contribution < -0.4 is 25.8 Å². The number of amidine groups is 1. The number of oxime groups is 1. The molecule has 5 N–H and O–H groups in total. The number of hydrogen-bond acceptors (Lipinski definition) is 6. The number of amides is 1. The number of benzene rings is 4. The molecule has 0 saturated carbocycles. The fourth-order valence-corrected chi connectivity index (χ4v) is 3.98.